The van der Waals surface area contributed by atoms with E-state index < -0.39 is 0 Å². The van der Waals surface area contributed by atoms with Gasteiger partial charge in [-0.25, -0.2) is 0 Å². The van der Waals surface area contributed by atoms with Crippen LogP contribution in [0.5, 0.6) is 0 Å². The third-order valence-corrected chi connectivity index (χ3v) is 7.62. The van der Waals surface area contributed by atoms with Gasteiger partial charge in [0.15, 0.2) is 5.82 Å². The molecule has 2 aromatic heterocycles. The molecule has 3 aliphatic rings. The van der Waals surface area contributed by atoms with Gasteiger partial charge in [-0.3, -0.25) is 14.2 Å². The molecule has 5 heterocycles. The van der Waals surface area contributed by atoms with Crippen molar-refractivity contribution < 1.29 is 9.53 Å². The molecule has 3 aromatic rings. The van der Waals surface area contributed by atoms with Gasteiger partial charge in [0.1, 0.15) is 0 Å². The van der Waals surface area contributed by atoms with Crippen LogP contribution < -0.4 is 4.90 Å². The number of aryl methyl sites for hydroxylation is 2. The normalized spacial score (nSPS) is 19.5. The second-order valence-electron chi connectivity index (χ2n) is 9.83. The molecule has 0 radical (unpaired) electrons. The smallest absolute Gasteiger partial charge is 0.219 e. The summed E-state index contributed by atoms with van der Waals surface area (Å²) in [5, 5.41) is 9.58. The Hall–Kier alpha value is -3.39. The Morgan fingerprint density at radius 1 is 1.26 bits per heavy atom. The Kier molecular flexibility index (Phi) is 5.48. The minimum absolute atomic E-state index is 0.118. The molecule has 0 spiro atoms. The molecule has 1 saturated heterocycles. The van der Waals surface area contributed by atoms with Gasteiger partial charge in [-0.1, -0.05) is 12.7 Å². The Labute approximate surface area is 205 Å². The zero-order valence-electron chi connectivity index (χ0n) is 20.5. The second-order valence-corrected chi connectivity index (χ2v) is 9.83. The molecule has 8 nitrogen and oxygen atoms in total. The zero-order chi connectivity index (χ0) is 24.1. The molecule has 0 aliphatic carbocycles. The predicted molar refractivity (Wildman–Crippen MR) is 136 cm³/mol. The van der Waals surface area contributed by atoms with Crippen molar-refractivity contribution in [2.75, 3.05) is 31.2 Å². The Morgan fingerprint density at radius 2 is 2.14 bits per heavy atom. The molecule has 6 rings (SSSR count). The van der Waals surface area contributed by atoms with Gasteiger partial charge in [0.2, 0.25) is 5.91 Å². The number of aromatic nitrogens is 4. The van der Waals surface area contributed by atoms with Crippen LogP contribution in [-0.4, -0.2) is 56.7 Å². The van der Waals surface area contributed by atoms with Gasteiger partial charge in [0.05, 0.1) is 25.4 Å². The highest BCUT2D eigenvalue weighted by Crippen LogP contribution is 2.41. The lowest BCUT2D eigenvalue weighted by Crippen LogP contribution is -2.35. The van der Waals surface area contributed by atoms with Crippen molar-refractivity contribution in [2.45, 2.75) is 45.2 Å². The van der Waals surface area contributed by atoms with Gasteiger partial charge >= 0.3 is 0 Å². The van der Waals surface area contributed by atoms with Crippen molar-refractivity contribution in [3.05, 3.63) is 53.5 Å². The highest BCUT2D eigenvalue weighted by molar-refractivity contribution is 5.81. The van der Waals surface area contributed by atoms with Crippen molar-refractivity contribution in [1.29, 1.82) is 0 Å². The first-order valence-electron chi connectivity index (χ1n) is 12.5. The van der Waals surface area contributed by atoms with Crippen LogP contribution in [0.4, 0.5) is 11.5 Å². The average Bonchev–Trinajstić information content (AvgIpc) is 3.62. The second kappa shape index (κ2) is 8.68. The van der Waals surface area contributed by atoms with E-state index in [0.29, 0.717) is 13.2 Å². The van der Waals surface area contributed by atoms with Gasteiger partial charge in [0.25, 0.3) is 0 Å². The van der Waals surface area contributed by atoms with E-state index in [0.717, 1.165) is 67.9 Å². The first-order chi connectivity index (χ1) is 17.0. The van der Waals surface area contributed by atoms with Crippen molar-refractivity contribution >= 4 is 23.5 Å². The van der Waals surface area contributed by atoms with Gasteiger partial charge in [0, 0.05) is 68.8 Å². The summed E-state index contributed by atoms with van der Waals surface area (Å²) in [6.45, 7) is 9.50. The molecular formula is C27H32N6O2. The van der Waals surface area contributed by atoms with Crippen LogP contribution in [0.2, 0.25) is 0 Å². The summed E-state index contributed by atoms with van der Waals surface area (Å²) in [6.07, 6.45) is 9.77. The van der Waals surface area contributed by atoms with Crippen LogP contribution >= 0.6 is 0 Å². The van der Waals surface area contributed by atoms with Gasteiger partial charge in [-0.15, -0.1) is 0 Å². The van der Waals surface area contributed by atoms with Crippen molar-refractivity contribution in [1.82, 2.24) is 24.5 Å². The SMILES string of the molecule is C=Cc1cc2c(cc1-c1cnn(C)c1)CCCN2c1nn([C@H]2CCOC2)c2c1CN(C(C)=O)CC2. The number of amides is 1. The first-order valence-corrected chi connectivity index (χ1v) is 12.5. The fourth-order valence-corrected chi connectivity index (χ4v) is 5.78. The van der Waals surface area contributed by atoms with E-state index >= 15 is 0 Å². The molecule has 182 valence electrons. The quantitative estimate of drug-likeness (QED) is 0.577. The van der Waals surface area contributed by atoms with Crippen molar-refractivity contribution in [3.63, 3.8) is 0 Å². The Morgan fingerprint density at radius 3 is 2.86 bits per heavy atom. The van der Waals surface area contributed by atoms with E-state index in [-0.39, 0.29) is 11.9 Å². The lowest BCUT2D eigenvalue weighted by molar-refractivity contribution is -0.129. The van der Waals surface area contributed by atoms with E-state index in [1.165, 1.54) is 22.5 Å². The molecule has 8 heteroatoms. The van der Waals surface area contributed by atoms with E-state index in [4.69, 9.17) is 9.84 Å². The fourth-order valence-electron chi connectivity index (χ4n) is 5.78. The molecular weight excluding hydrogens is 440 g/mol. The monoisotopic (exact) mass is 472 g/mol. The van der Waals surface area contributed by atoms with Gasteiger partial charge in [-0.05, 0) is 48.1 Å². The van der Waals surface area contributed by atoms with Gasteiger partial charge in [-0.2, -0.15) is 10.2 Å². The van der Waals surface area contributed by atoms with Crippen LogP contribution in [0, 0.1) is 0 Å². The van der Waals surface area contributed by atoms with Crippen LogP contribution in [0.25, 0.3) is 17.2 Å². The zero-order valence-corrected chi connectivity index (χ0v) is 20.5. The van der Waals surface area contributed by atoms with Gasteiger partial charge < -0.3 is 14.5 Å². The number of benzene rings is 1. The van der Waals surface area contributed by atoms with E-state index in [1.807, 2.05) is 35.1 Å². The molecule has 1 amide bonds. The molecule has 1 atom stereocenters. The third-order valence-electron chi connectivity index (χ3n) is 7.62. The number of hydrogen-bond donors (Lipinski definition) is 0. The maximum Gasteiger partial charge on any atom is 0.219 e. The largest absolute Gasteiger partial charge is 0.379 e. The number of rotatable bonds is 4. The topological polar surface area (TPSA) is 68.4 Å². The summed E-state index contributed by atoms with van der Waals surface area (Å²) in [4.78, 5) is 16.6. The minimum Gasteiger partial charge on any atom is -0.379 e. The number of anilines is 2. The highest BCUT2D eigenvalue weighted by atomic mass is 16.5. The van der Waals surface area contributed by atoms with Crippen molar-refractivity contribution in [2.24, 2.45) is 7.05 Å². The number of carbonyl (C=O) groups excluding carboxylic acids is 1. The van der Waals surface area contributed by atoms with Crippen LogP contribution in [0.15, 0.2) is 31.1 Å². The molecule has 0 saturated carbocycles. The number of fused-ring (bicyclic) bond motifs is 2. The Bertz CT molecular complexity index is 1300. The molecule has 3 aliphatic heterocycles. The predicted octanol–water partition coefficient (Wildman–Crippen LogP) is 3.88. The summed E-state index contributed by atoms with van der Waals surface area (Å²) in [6, 6.07) is 4.81. The summed E-state index contributed by atoms with van der Waals surface area (Å²) in [7, 11) is 1.94. The molecule has 1 aromatic carbocycles. The van der Waals surface area contributed by atoms with Crippen LogP contribution in [-0.2, 0) is 36.0 Å². The van der Waals surface area contributed by atoms with Crippen LogP contribution in [0.3, 0.4) is 0 Å². The number of ether oxygens (including phenoxy) is 1. The molecule has 0 N–H and O–H groups in total. The van der Waals surface area contributed by atoms with E-state index in [1.54, 1.807) is 6.92 Å². The molecule has 0 bridgehead atoms. The lowest BCUT2D eigenvalue weighted by atomic mass is 9.92. The van der Waals surface area contributed by atoms with Crippen LogP contribution in [0.1, 0.15) is 48.2 Å². The summed E-state index contributed by atoms with van der Waals surface area (Å²) in [5.74, 6) is 1.11. The first kappa shape index (κ1) is 22.1. The average molecular weight is 473 g/mol. The number of hydrogen-bond acceptors (Lipinski definition) is 5. The lowest BCUT2D eigenvalue weighted by Gasteiger charge is -2.33. The molecule has 1 fully saturated rings. The Balaban J connectivity index is 1.47. The number of carbonyl (C=O) groups is 1. The van der Waals surface area contributed by atoms with E-state index in [2.05, 4.69) is 33.4 Å². The summed E-state index contributed by atoms with van der Waals surface area (Å²) in [5.41, 5.74) is 8.29. The summed E-state index contributed by atoms with van der Waals surface area (Å²) < 4.78 is 9.75. The van der Waals surface area contributed by atoms with E-state index in [9.17, 15) is 4.79 Å². The molecule has 35 heavy (non-hydrogen) atoms. The number of nitrogens with zero attached hydrogens (tertiary/aromatic N) is 6. The maximum atomic E-state index is 12.3. The summed E-state index contributed by atoms with van der Waals surface area (Å²) >= 11 is 0. The fraction of sp³-hybridized carbons (Fsp3) is 0.444. The maximum absolute atomic E-state index is 12.3. The molecule has 0 unspecified atom stereocenters. The highest BCUT2D eigenvalue weighted by Gasteiger charge is 2.34. The van der Waals surface area contributed by atoms with Crippen molar-refractivity contribution in [3.8, 4) is 11.1 Å². The third kappa shape index (κ3) is 3.76. The minimum atomic E-state index is 0.118. The standard InChI is InChI=1S/C27H32N6O2/c1-4-19-13-26-20(12-23(19)21-14-28-30(3)15-21)6-5-9-32(26)27-24-16-31(18(2)34)10-7-25(24)33(29-27)22-8-11-35-17-22/h4,12-15,22H,1,5-11,16-17H2,2-3H3/t22-/m0/s1.